The lowest BCUT2D eigenvalue weighted by Crippen LogP contribution is -2.43. The van der Waals surface area contributed by atoms with E-state index in [0.29, 0.717) is 24.6 Å². The van der Waals surface area contributed by atoms with Crippen LogP contribution in [-0.4, -0.2) is 66.0 Å². The summed E-state index contributed by atoms with van der Waals surface area (Å²) in [6.07, 6.45) is 0. The molecule has 6 nitrogen and oxygen atoms in total. The van der Waals surface area contributed by atoms with E-state index >= 15 is 0 Å². The summed E-state index contributed by atoms with van der Waals surface area (Å²) in [5, 5.41) is 12.3. The molecule has 0 spiro atoms. The van der Waals surface area contributed by atoms with Gasteiger partial charge in [0.2, 0.25) is 5.78 Å². The summed E-state index contributed by atoms with van der Waals surface area (Å²) >= 11 is 1.22. The SMILES string of the molecule is O=C(C1=C(O)C(=O)N(CCN2CCOCC2)[C@@H]1c1ccccc1F)c1cccs1. The summed E-state index contributed by atoms with van der Waals surface area (Å²) in [4.78, 5) is 29.9. The fraction of sp³-hybridized carbons (Fsp3) is 0.333. The number of rotatable bonds is 6. The second-order valence-electron chi connectivity index (χ2n) is 6.95. The normalized spacial score (nSPS) is 20.5. The van der Waals surface area contributed by atoms with Gasteiger partial charge in [0.15, 0.2) is 5.76 Å². The molecule has 2 aliphatic heterocycles. The number of ketones is 1. The number of ether oxygens (including phenoxy) is 1. The largest absolute Gasteiger partial charge is 0.503 e. The van der Waals surface area contributed by atoms with Gasteiger partial charge in [-0.15, -0.1) is 11.3 Å². The van der Waals surface area contributed by atoms with E-state index in [4.69, 9.17) is 4.74 Å². The predicted octanol–water partition coefficient (Wildman–Crippen LogP) is 2.80. The number of nitrogens with zero attached hydrogens (tertiary/aromatic N) is 2. The van der Waals surface area contributed by atoms with Crippen LogP contribution in [0.4, 0.5) is 4.39 Å². The molecule has 4 rings (SSSR count). The zero-order valence-corrected chi connectivity index (χ0v) is 16.5. The molecule has 0 radical (unpaired) electrons. The number of morpholine rings is 1. The van der Waals surface area contributed by atoms with E-state index in [1.54, 1.807) is 35.7 Å². The van der Waals surface area contributed by atoms with Crippen LogP contribution in [0.5, 0.6) is 0 Å². The first-order chi connectivity index (χ1) is 14.1. The first-order valence-corrected chi connectivity index (χ1v) is 10.3. The number of aliphatic hydroxyl groups is 1. The molecule has 8 heteroatoms. The number of aliphatic hydroxyl groups excluding tert-OH is 1. The predicted molar refractivity (Wildman–Crippen MR) is 106 cm³/mol. The van der Waals surface area contributed by atoms with Gasteiger partial charge in [0.25, 0.3) is 5.91 Å². The van der Waals surface area contributed by atoms with E-state index in [2.05, 4.69) is 4.90 Å². The quantitative estimate of drug-likeness (QED) is 0.734. The van der Waals surface area contributed by atoms with Crippen molar-refractivity contribution in [2.45, 2.75) is 6.04 Å². The Kier molecular flexibility index (Phi) is 5.75. The molecule has 1 fully saturated rings. The molecule has 1 aromatic heterocycles. The van der Waals surface area contributed by atoms with Crippen molar-refractivity contribution in [1.82, 2.24) is 9.80 Å². The smallest absolute Gasteiger partial charge is 0.290 e. The fourth-order valence-electron chi connectivity index (χ4n) is 3.75. The molecule has 3 heterocycles. The number of benzene rings is 1. The Labute approximate surface area is 171 Å². The second-order valence-corrected chi connectivity index (χ2v) is 7.89. The highest BCUT2D eigenvalue weighted by atomic mass is 32.1. The molecule has 0 aliphatic carbocycles. The van der Waals surface area contributed by atoms with Crippen molar-refractivity contribution in [3.8, 4) is 0 Å². The van der Waals surface area contributed by atoms with Crippen LogP contribution < -0.4 is 0 Å². The average molecular weight is 416 g/mol. The van der Waals surface area contributed by atoms with Gasteiger partial charge in [-0.25, -0.2) is 4.39 Å². The third-order valence-corrected chi connectivity index (χ3v) is 6.12. The molecule has 1 N–H and O–H groups in total. The molecule has 0 saturated carbocycles. The van der Waals surface area contributed by atoms with Crippen molar-refractivity contribution >= 4 is 23.0 Å². The summed E-state index contributed by atoms with van der Waals surface area (Å²) in [7, 11) is 0. The highest BCUT2D eigenvalue weighted by Crippen LogP contribution is 2.40. The summed E-state index contributed by atoms with van der Waals surface area (Å²) in [5.41, 5.74) is 0.135. The number of carbonyl (C=O) groups is 2. The van der Waals surface area contributed by atoms with Crippen molar-refractivity contribution in [3.05, 3.63) is 69.4 Å². The van der Waals surface area contributed by atoms with E-state index in [-0.39, 0.29) is 17.7 Å². The fourth-order valence-corrected chi connectivity index (χ4v) is 4.43. The maximum absolute atomic E-state index is 14.7. The van der Waals surface area contributed by atoms with Crippen molar-refractivity contribution in [2.75, 3.05) is 39.4 Å². The number of thiophene rings is 1. The Hall–Kier alpha value is -2.55. The van der Waals surface area contributed by atoms with Crippen LogP contribution >= 0.6 is 11.3 Å². The van der Waals surface area contributed by atoms with E-state index in [0.717, 1.165) is 13.1 Å². The molecule has 152 valence electrons. The molecule has 2 aromatic rings. The van der Waals surface area contributed by atoms with Crippen LogP contribution in [0.1, 0.15) is 21.3 Å². The summed E-state index contributed by atoms with van der Waals surface area (Å²) < 4.78 is 20.0. The van der Waals surface area contributed by atoms with Gasteiger partial charge >= 0.3 is 0 Å². The highest BCUT2D eigenvalue weighted by molar-refractivity contribution is 7.12. The average Bonchev–Trinajstić information content (AvgIpc) is 3.35. The van der Waals surface area contributed by atoms with Crippen LogP contribution in [-0.2, 0) is 9.53 Å². The molecule has 1 atom stereocenters. The van der Waals surface area contributed by atoms with Crippen molar-refractivity contribution in [3.63, 3.8) is 0 Å². The highest BCUT2D eigenvalue weighted by Gasteiger charge is 2.44. The Morgan fingerprint density at radius 1 is 1.17 bits per heavy atom. The minimum Gasteiger partial charge on any atom is -0.503 e. The van der Waals surface area contributed by atoms with Crippen LogP contribution in [0.2, 0.25) is 0 Å². The third kappa shape index (κ3) is 3.83. The van der Waals surface area contributed by atoms with Gasteiger partial charge in [-0.05, 0) is 17.5 Å². The van der Waals surface area contributed by atoms with Gasteiger partial charge in [-0.2, -0.15) is 0 Å². The Morgan fingerprint density at radius 2 is 1.93 bits per heavy atom. The van der Waals surface area contributed by atoms with Gasteiger partial charge in [0.05, 0.1) is 29.7 Å². The molecule has 29 heavy (non-hydrogen) atoms. The first kappa shape index (κ1) is 19.8. The molecule has 1 amide bonds. The molecule has 2 aliphatic rings. The van der Waals surface area contributed by atoms with Crippen molar-refractivity contribution in [2.24, 2.45) is 0 Å². The van der Waals surface area contributed by atoms with Gasteiger partial charge < -0.3 is 14.7 Å². The number of amides is 1. The lowest BCUT2D eigenvalue weighted by atomic mass is 9.95. The van der Waals surface area contributed by atoms with Crippen LogP contribution in [0.15, 0.2) is 53.1 Å². The van der Waals surface area contributed by atoms with Gasteiger partial charge in [0, 0.05) is 31.7 Å². The number of hydrogen-bond acceptors (Lipinski definition) is 6. The minimum atomic E-state index is -0.959. The maximum Gasteiger partial charge on any atom is 0.290 e. The van der Waals surface area contributed by atoms with E-state index < -0.39 is 29.3 Å². The van der Waals surface area contributed by atoms with Crippen molar-refractivity contribution < 1.29 is 23.8 Å². The lowest BCUT2D eigenvalue weighted by Gasteiger charge is -2.31. The lowest BCUT2D eigenvalue weighted by molar-refractivity contribution is -0.129. The monoisotopic (exact) mass is 416 g/mol. The van der Waals surface area contributed by atoms with E-state index in [1.165, 1.54) is 22.3 Å². The summed E-state index contributed by atoms with van der Waals surface area (Å²) in [5.74, 6) is -2.22. The first-order valence-electron chi connectivity index (χ1n) is 9.44. The molecular weight excluding hydrogens is 395 g/mol. The minimum absolute atomic E-state index is 0.0653. The van der Waals surface area contributed by atoms with Gasteiger partial charge in [0.1, 0.15) is 5.82 Å². The number of carbonyl (C=O) groups excluding carboxylic acids is 2. The maximum atomic E-state index is 14.7. The molecule has 1 saturated heterocycles. The van der Waals surface area contributed by atoms with Crippen molar-refractivity contribution in [1.29, 1.82) is 0 Å². The zero-order chi connectivity index (χ0) is 20.4. The second kappa shape index (κ2) is 8.44. The third-order valence-electron chi connectivity index (χ3n) is 5.25. The topological polar surface area (TPSA) is 70.1 Å². The van der Waals surface area contributed by atoms with Crippen LogP contribution in [0.3, 0.4) is 0 Å². The number of hydrogen-bond donors (Lipinski definition) is 1. The Bertz CT molecular complexity index is 938. The Morgan fingerprint density at radius 3 is 2.62 bits per heavy atom. The zero-order valence-electron chi connectivity index (χ0n) is 15.7. The summed E-state index contributed by atoms with van der Waals surface area (Å²) in [6, 6.07) is 8.45. The summed E-state index contributed by atoms with van der Waals surface area (Å²) in [6.45, 7) is 3.54. The standard InChI is InChI=1S/C21H21FN2O4S/c22-15-5-2-1-4-14(15)18-17(19(25)16-6-3-13-29-16)20(26)21(27)24(18)8-7-23-9-11-28-12-10-23/h1-6,13,18,26H,7-12H2/t18-/m1/s1. The molecule has 0 bridgehead atoms. The van der Waals surface area contributed by atoms with Gasteiger partial charge in [-0.1, -0.05) is 24.3 Å². The van der Waals surface area contributed by atoms with Crippen LogP contribution in [0, 0.1) is 5.82 Å². The molecule has 1 aromatic carbocycles. The van der Waals surface area contributed by atoms with Gasteiger partial charge in [-0.3, -0.25) is 14.5 Å². The molecule has 0 unspecified atom stereocenters. The van der Waals surface area contributed by atoms with E-state index in [9.17, 15) is 19.1 Å². The number of Topliss-reactive ketones (excluding diaryl/α,β-unsaturated/α-hetero) is 1. The van der Waals surface area contributed by atoms with Crippen LogP contribution in [0.25, 0.3) is 0 Å². The Balaban J connectivity index is 1.68. The molecular formula is C21H21FN2O4S. The van der Waals surface area contributed by atoms with E-state index in [1.807, 2.05) is 0 Å². The number of halogens is 1.